The molecule has 1 heterocycles. The zero-order valence-corrected chi connectivity index (χ0v) is 19.3. The van der Waals surface area contributed by atoms with Crippen molar-refractivity contribution in [2.24, 2.45) is 7.05 Å². The molecule has 5 heteroatoms. The Morgan fingerprint density at radius 2 is 1.64 bits per heavy atom. The van der Waals surface area contributed by atoms with Crippen LogP contribution in [0.25, 0.3) is 11.1 Å². The molecule has 33 heavy (non-hydrogen) atoms. The van der Waals surface area contributed by atoms with Crippen molar-refractivity contribution >= 4 is 11.6 Å². The molecular formula is C28H30N4O. The first-order valence-corrected chi connectivity index (χ1v) is 11.2. The van der Waals surface area contributed by atoms with E-state index in [4.69, 9.17) is 0 Å². The Kier molecular flexibility index (Phi) is 7.01. The van der Waals surface area contributed by atoms with Crippen LogP contribution in [0.5, 0.6) is 0 Å². The summed E-state index contributed by atoms with van der Waals surface area (Å²) in [6, 6.07) is 25.9. The van der Waals surface area contributed by atoms with Crippen molar-refractivity contribution in [3.8, 4) is 11.1 Å². The third-order valence-electron chi connectivity index (χ3n) is 5.70. The molecule has 0 aliphatic rings. The van der Waals surface area contributed by atoms with Gasteiger partial charge in [0.05, 0.1) is 6.20 Å². The Labute approximate surface area is 195 Å². The number of nitrogens with zero attached hydrogens (tertiary/aromatic N) is 2. The smallest absolute Gasteiger partial charge is 0.246 e. The van der Waals surface area contributed by atoms with Crippen molar-refractivity contribution in [2.75, 3.05) is 5.32 Å². The van der Waals surface area contributed by atoms with Crippen LogP contribution in [0.2, 0.25) is 0 Å². The molecular weight excluding hydrogens is 408 g/mol. The lowest BCUT2D eigenvalue weighted by molar-refractivity contribution is -0.118. The largest absolute Gasteiger partial charge is 0.324 e. The van der Waals surface area contributed by atoms with Crippen molar-refractivity contribution in [1.29, 1.82) is 0 Å². The average molecular weight is 439 g/mol. The maximum atomic E-state index is 13.3. The van der Waals surface area contributed by atoms with E-state index >= 15 is 0 Å². The second kappa shape index (κ2) is 10.3. The monoisotopic (exact) mass is 438 g/mol. The summed E-state index contributed by atoms with van der Waals surface area (Å²) in [5, 5.41) is 10.8. The SMILES string of the molecule is Cc1ccc(C[C@@H](C)N[C@H](C(=O)Nc2ccc(-c3cnn(C)c3)cc2)c2ccccc2)cc1. The molecule has 5 nitrogen and oxygen atoms in total. The molecule has 0 radical (unpaired) electrons. The Morgan fingerprint density at radius 1 is 0.939 bits per heavy atom. The van der Waals surface area contributed by atoms with Gasteiger partial charge in [0.1, 0.15) is 6.04 Å². The number of rotatable bonds is 8. The van der Waals surface area contributed by atoms with Crippen molar-refractivity contribution in [3.05, 3.63) is 108 Å². The third kappa shape index (κ3) is 5.96. The molecule has 0 spiro atoms. The van der Waals surface area contributed by atoms with Crippen LogP contribution in [0.4, 0.5) is 5.69 Å². The average Bonchev–Trinajstić information content (AvgIpc) is 3.26. The number of carbonyl (C=O) groups excluding carboxylic acids is 1. The fourth-order valence-corrected chi connectivity index (χ4v) is 3.92. The summed E-state index contributed by atoms with van der Waals surface area (Å²) in [6.07, 6.45) is 4.65. The second-order valence-corrected chi connectivity index (χ2v) is 8.57. The first kappa shape index (κ1) is 22.5. The topological polar surface area (TPSA) is 59.0 Å². The number of aromatic nitrogens is 2. The van der Waals surface area contributed by atoms with Crippen LogP contribution >= 0.6 is 0 Å². The minimum absolute atomic E-state index is 0.0777. The van der Waals surface area contributed by atoms with Crippen LogP contribution < -0.4 is 10.6 Å². The van der Waals surface area contributed by atoms with Crippen molar-refractivity contribution in [3.63, 3.8) is 0 Å². The first-order valence-electron chi connectivity index (χ1n) is 11.2. The predicted molar refractivity (Wildman–Crippen MR) is 134 cm³/mol. The van der Waals surface area contributed by atoms with Gasteiger partial charge in [-0.05, 0) is 49.1 Å². The molecule has 2 N–H and O–H groups in total. The fraction of sp³-hybridized carbons (Fsp3) is 0.214. The molecule has 0 bridgehead atoms. The van der Waals surface area contributed by atoms with E-state index in [0.717, 1.165) is 28.8 Å². The van der Waals surface area contributed by atoms with Gasteiger partial charge in [0.15, 0.2) is 0 Å². The lowest BCUT2D eigenvalue weighted by Crippen LogP contribution is -2.39. The summed E-state index contributed by atoms with van der Waals surface area (Å²) in [6.45, 7) is 4.20. The van der Waals surface area contributed by atoms with Gasteiger partial charge in [-0.15, -0.1) is 0 Å². The number of amides is 1. The maximum Gasteiger partial charge on any atom is 0.246 e. The Morgan fingerprint density at radius 3 is 2.27 bits per heavy atom. The van der Waals surface area contributed by atoms with E-state index in [1.54, 1.807) is 4.68 Å². The number of nitrogens with one attached hydrogen (secondary N) is 2. The zero-order valence-electron chi connectivity index (χ0n) is 19.3. The highest BCUT2D eigenvalue weighted by Gasteiger charge is 2.22. The van der Waals surface area contributed by atoms with Crippen LogP contribution in [0.1, 0.15) is 29.7 Å². The molecule has 0 aliphatic heterocycles. The van der Waals surface area contributed by atoms with Gasteiger partial charge in [0.2, 0.25) is 5.91 Å². The number of benzene rings is 3. The van der Waals surface area contributed by atoms with Crippen LogP contribution in [0.15, 0.2) is 91.3 Å². The number of hydrogen-bond donors (Lipinski definition) is 2. The maximum absolute atomic E-state index is 13.3. The molecule has 0 fully saturated rings. The van der Waals surface area contributed by atoms with Crippen molar-refractivity contribution in [2.45, 2.75) is 32.4 Å². The quantitative estimate of drug-likeness (QED) is 0.393. The van der Waals surface area contributed by atoms with E-state index in [2.05, 4.69) is 53.8 Å². The predicted octanol–water partition coefficient (Wildman–Crippen LogP) is 5.30. The Hall–Kier alpha value is -3.70. The highest BCUT2D eigenvalue weighted by atomic mass is 16.2. The van der Waals surface area contributed by atoms with E-state index in [1.165, 1.54) is 11.1 Å². The van der Waals surface area contributed by atoms with Crippen molar-refractivity contribution in [1.82, 2.24) is 15.1 Å². The summed E-state index contributed by atoms with van der Waals surface area (Å²) in [7, 11) is 1.90. The van der Waals surface area contributed by atoms with Gasteiger partial charge < -0.3 is 5.32 Å². The van der Waals surface area contributed by atoms with Crippen molar-refractivity contribution < 1.29 is 4.79 Å². The van der Waals surface area contributed by atoms with Gasteiger partial charge in [-0.3, -0.25) is 14.8 Å². The van der Waals surface area contributed by atoms with Crippen LogP contribution in [0, 0.1) is 6.92 Å². The molecule has 168 valence electrons. The molecule has 4 rings (SSSR count). The highest BCUT2D eigenvalue weighted by Crippen LogP contribution is 2.22. The number of aryl methyl sites for hydroxylation is 2. The van der Waals surface area contributed by atoms with E-state index in [1.807, 2.05) is 74.0 Å². The summed E-state index contributed by atoms with van der Waals surface area (Å²) in [5.74, 6) is -0.0777. The summed E-state index contributed by atoms with van der Waals surface area (Å²) < 4.78 is 1.78. The standard InChI is InChI=1S/C28H30N4O/c1-20-9-11-22(12-10-20)17-21(2)30-27(24-7-5-4-6-8-24)28(33)31-26-15-13-23(14-16-26)25-18-29-32(3)19-25/h4-16,18-19,21,27,30H,17H2,1-3H3,(H,31,33)/t21-,27+/m1/s1. The van der Waals surface area contributed by atoms with E-state index in [9.17, 15) is 4.79 Å². The molecule has 0 aliphatic carbocycles. The van der Waals surface area contributed by atoms with Crippen LogP contribution in [-0.2, 0) is 18.3 Å². The number of hydrogen-bond acceptors (Lipinski definition) is 3. The van der Waals surface area contributed by atoms with Gasteiger partial charge in [0, 0.05) is 30.5 Å². The van der Waals surface area contributed by atoms with Gasteiger partial charge >= 0.3 is 0 Å². The first-order chi connectivity index (χ1) is 16.0. The Balaban J connectivity index is 1.47. The lowest BCUT2D eigenvalue weighted by atomic mass is 10.0. The second-order valence-electron chi connectivity index (χ2n) is 8.57. The molecule has 4 aromatic rings. The summed E-state index contributed by atoms with van der Waals surface area (Å²) >= 11 is 0. The number of carbonyl (C=O) groups is 1. The Bertz CT molecular complexity index is 1180. The fourth-order valence-electron chi connectivity index (χ4n) is 3.92. The van der Waals surface area contributed by atoms with Gasteiger partial charge in [0.25, 0.3) is 0 Å². The van der Waals surface area contributed by atoms with E-state index < -0.39 is 6.04 Å². The van der Waals surface area contributed by atoms with Gasteiger partial charge in [-0.2, -0.15) is 5.10 Å². The third-order valence-corrected chi connectivity index (χ3v) is 5.70. The lowest BCUT2D eigenvalue weighted by Gasteiger charge is -2.23. The van der Waals surface area contributed by atoms with Gasteiger partial charge in [-0.25, -0.2) is 0 Å². The van der Waals surface area contributed by atoms with E-state index in [-0.39, 0.29) is 11.9 Å². The van der Waals surface area contributed by atoms with Crippen LogP contribution in [-0.4, -0.2) is 21.7 Å². The van der Waals surface area contributed by atoms with Crippen LogP contribution in [0.3, 0.4) is 0 Å². The highest BCUT2D eigenvalue weighted by molar-refractivity contribution is 5.95. The molecule has 3 aromatic carbocycles. The molecule has 1 amide bonds. The summed E-state index contributed by atoms with van der Waals surface area (Å²) in [4.78, 5) is 13.3. The normalized spacial score (nSPS) is 12.8. The summed E-state index contributed by atoms with van der Waals surface area (Å²) in [5.41, 5.74) is 6.31. The zero-order chi connectivity index (χ0) is 23.2. The number of anilines is 1. The molecule has 0 saturated carbocycles. The molecule has 0 saturated heterocycles. The minimum Gasteiger partial charge on any atom is -0.324 e. The molecule has 2 atom stereocenters. The minimum atomic E-state index is -0.454. The van der Waals surface area contributed by atoms with E-state index in [0.29, 0.717) is 0 Å². The molecule has 0 unspecified atom stereocenters. The van der Waals surface area contributed by atoms with Gasteiger partial charge in [-0.1, -0.05) is 72.3 Å². The molecule has 1 aromatic heterocycles.